The highest BCUT2D eigenvalue weighted by molar-refractivity contribution is 5.86. The van der Waals surface area contributed by atoms with Crippen molar-refractivity contribution in [1.82, 2.24) is 15.1 Å². The molecule has 3 aliphatic rings. The molecule has 9 heteroatoms. The van der Waals surface area contributed by atoms with Crippen LogP contribution in [0, 0.1) is 22.7 Å². The van der Waals surface area contributed by atoms with Crippen molar-refractivity contribution in [2.75, 3.05) is 31.1 Å². The molecule has 2 bridgehead atoms. The van der Waals surface area contributed by atoms with Gasteiger partial charge in [-0.05, 0) is 70.7 Å². The third-order valence-electron chi connectivity index (χ3n) is 7.02. The van der Waals surface area contributed by atoms with E-state index >= 15 is 0 Å². The molecule has 3 fully saturated rings. The molecule has 35 heavy (non-hydrogen) atoms. The van der Waals surface area contributed by atoms with Gasteiger partial charge in [-0.2, -0.15) is 10.5 Å². The maximum absolute atomic E-state index is 13.5. The van der Waals surface area contributed by atoms with Crippen molar-refractivity contribution in [1.29, 1.82) is 10.5 Å². The topological polar surface area (TPSA) is 113 Å². The summed E-state index contributed by atoms with van der Waals surface area (Å²) in [7, 11) is 0. The van der Waals surface area contributed by atoms with Gasteiger partial charge in [0.25, 0.3) is 0 Å². The fourth-order valence-electron chi connectivity index (χ4n) is 5.42. The summed E-state index contributed by atoms with van der Waals surface area (Å²) in [5, 5.41) is 21.4. The van der Waals surface area contributed by atoms with Crippen molar-refractivity contribution < 1.29 is 14.3 Å². The molecule has 3 heterocycles. The van der Waals surface area contributed by atoms with E-state index < -0.39 is 23.8 Å². The van der Waals surface area contributed by atoms with E-state index in [1.54, 1.807) is 25.7 Å². The van der Waals surface area contributed by atoms with E-state index in [1.165, 1.54) is 0 Å². The molecule has 2 amide bonds. The Morgan fingerprint density at radius 1 is 1.14 bits per heavy atom. The highest BCUT2D eigenvalue weighted by Crippen LogP contribution is 2.35. The van der Waals surface area contributed by atoms with Crippen molar-refractivity contribution in [3.05, 3.63) is 29.8 Å². The van der Waals surface area contributed by atoms with Gasteiger partial charge in [-0.3, -0.25) is 9.69 Å². The number of hydrogen-bond acceptors (Lipinski definition) is 7. The zero-order chi connectivity index (χ0) is 25.2. The van der Waals surface area contributed by atoms with E-state index in [0.29, 0.717) is 31.1 Å². The quantitative estimate of drug-likeness (QED) is 0.692. The number of nitriles is 2. The Hall–Kier alpha value is -3.30. The minimum Gasteiger partial charge on any atom is -0.444 e. The number of benzene rings is 1. The van der Waals surface area contributed by atoms with E-state index in [2.05, 4.69) is 27.3 Å². The maximum Gasteiger partial charge on any atom is 0.408 e. The second kappa shape index (κ2) is 10.1. The number of piperazine rings is 1. The Kier molecular flexibility index (Phi) is 7.18. The first-order valence-electron chi connectivity index (χ1n) is 12.4. The van der Waals surface area contributed by atoms with Crippen LogP contribution in [0.5, 0.6) is 0 Å². The SMILES string of the molecule is CC(C)(C)OC(=O)N[C@@H](CN1CC2CC1CN2c1ccc(C#N)cc1)C(=O)N1CCCCC1C#N. The van der Waals surface area contributed by atoms with Crippen LogP contribution in [0.1, 0.15) is 52.0 Å². The predicted molar refractivity (Wildman–Crippen MR) is 130 cm³/mol. The third-order valence-corrected chi connectivity index (χ3v) is 7.02. The van der Waals surface area contributed by atoms with Gasteiger partial charge in [-0.1, -0.05) is 0 Å². The molecule has 0 aromatic heterocycles. The number of carbonyl (C=O) groups is 2. The minimum absolute atomic E-state index is 0.214. The Balaban J connectivity index is 1.45. The minimum atomic E-state index is -0.776. The second-order valence-electron chi connectivity index (χ2n) is 10.7. The molecule has 0 spiro atoms. The first-order chi connectivity index (χ1) is 16.7. The number of piperidine rings is 1. The normalized spacial score (nSPS) is 25.0. The number of fused-ring (bicyclic) bond motifs is 2. The van der Waals surface area contributed by atoms with Crippen LogP contribution in [0.3, 0.4) is 0 Å². The average molecular weight is 479 g/mol. The van der Waals surface area contributed by atoms with Crippen LogP contribution < -0.4 is 10.2 Å². The molecule has 0 aliphatic carbocycles. The fraction of sp³-hybridized carbons (Fsp3) is 0.615. The second-order valence-corrected chi connectivity index (χ2v) is 10.7. The molecular weight excluding hydrogens is 444 g/mol. The summed E-state index contributed by atoms with van der Waals surface area (Å²) >= 11 is 0. The summed E-state index contributed by atoms with van der Waals surface area (Å²) in [6.07, 6.45) is 2.81. The Morgan fingerprint density at radius 2 is 1.89 bits per heavy atom. The third kappa shape index (κ3) is 5.68. The zero-order valence-corrected chi connectivity index (χ0v) is 20.7. The summed E-state index contributed by atoms with van der Waals surface area (Å²) in [5.74, 6) is -0.214. The van der Waals surface area contributed by atoms with Crippen molar-refractivity contribution in [3.63, 3.8) is 0 Å². The van der Waals surface area contributed by atoms with Crippen LogP contribution in [-0.4, -0.2) is 77.7 Å². The molecule has 1 aromatic rings. The van der Waals surface area contributed by atoms with Gasteiger partial charge in [0.1, 0.15) is 17.7 Å². The lowest BCUT2D eigenvalue weighted by Gasteiger charge is -2.39. The largest absolute Gasteiger partial charge is 0.444 e. The molecule has 3 unspecified atom stereocenters. The van der Waals surface area contributed by atoms with E-state index in [1.807, 2.05) is 24.3 Å². The summed E-state index contributed by atoms with van der Waals surface area (Å²) in [6, 6.07) is 11.4. The molecule has 4 atom stereocenters. The van der Waals surface area contributed by atoms with Crippen molar-refractivity contribution >= 4 is 17.7 Å². The number of alkyl carbamates (subject to hydrolysis) is 1. The number of likely N-dealkylation sites (tertiary alicyclic amines) is 2. The van der Waals surface area contributed by atoms with Gasteiger partial charge in [-0.25, -0.2) is 4.79 Å². The number of amides is 2. The average Bonchev–Trinajstić information content (AvgIpc) is 3.42. The van der Waals surface area contributed by atoms with Crippen molar-refractivity contribution in [2.45, 2.75) is 76.2 Å². The molecule has 9 nitrogen and oxygen atoms in total. The van der Waals surface area contributed by atoms with Crippen molar-refractivity contribution in [2.24, 2.45) is 0 Å². The zero-order valence-electron chi connectivity index (χ0n) is 20.7. The molecule has 3 saturated heterocycles. The summed E-state index contributed by atoms with van der Waals surface area (Å²) in [6.45, 7) is 7.89. The number of rotatable bonds is 5. The van der Waals surface area contributed by atoms with Crippen LogP contribution >= 0.6 is 0 Å². The van der Waals surface area contributed by atoms with Gasteiger partial charge in [0.05, 0.1) is 17.7 Å². The number of ether oxygens (including phenoxy) is 1. The van der Waals surface area contributed by atoms with Crippen LogP contribution in [0.15, 0.2) is 24.3 Å². The van der Waals surface area contributed by atoms with E-state index in [-0.39, 0.29) is 11.9 Å². The molecule has 0 saturated carbocycles. The van der Waals surface area contributed by atoms with Gasteiger partial charge >= 0.3 is 6.09 Å². The number of carbonyl (C=O) groups excluding carboxylic acids is 2. The number of nitrogens with zero attached hydrogens (tertiary/aromatic N) is 5. The predicted octanol–water partition coefficient (Wildman–Crippen LogP) is 2.62. The summed E-state index contributed by atoms with van der Waals surface area (Å²) in [4.78, 5) is 32.4. The first-order valence-corrected chi connectivity index (χ1v) is 12.4. The number of nitrogens with one attached hydrogen (secondary N) is 1. The van der Waals surface area contributed by atoms with Crippen LogP contribution in [0.2, 0.25) is 0 Å². The Morgan fingerprint density at radius 3 is 2.49 bits per heavy atom. The molecule has 4 rings (SSSR count). The first kappa shape index (κ1) is 24.8. The van der Waals surface area contributed by atoms with Crippen molar-refractivity contribution in [3.8, 4) is 12.1 Å². The van der Waals surface area contributed by atoms with Gasteiger partial charge in [0.2, 0.25) is 5.91 Å². The highest BCUT2D eigenvalue weighted by atomic mass is 16.6. The van der Waals surface area contributed by atoms with Gasteiger partial charge < -0.3 is 19.9 Å². The maximum atomic E-state index is 13.5. The van der Waals surface area contributed by atoms with E-state index in [9.17, 15) is 14.9 Å². The fourth-order valence-corrected chi connectivity index (χ4v) is 5.42. The molecular formula is C26H34N6O3. The van der Waals surface area contributed by atoms with Gasteiger partial charge in [0.15, 0.2) is 0 Å². The molecule has 1 N–H and O–H groups in total. The van der Waals surface area contributed by atoms with Gasteiger partial charge in [-0.15, -0.1) is 0 Å². The molecule has 3 aliphatic heterocycles. The molecule has 0 radical (unpaired) electrons. The lowest BCUT2D eigenvalue weighted by molar-refractivity contribution is -0.136. The monoisotopic (exact) mass is 478 g/mol. The number of anilines is 1. The summed E-state index contributed by atoms with van der Waals surface area (Å²) in [5.41, 5.74) is 1.07. The van der Waals surface area contributed by atoms with E-state index in [4.69, 9.17) is 10.00 Å². The van der Waals surface area contributed by atoms with Gasteiger partial charge in [0, 0.05) is 44.0 Å². The molecule has 1 aromatic carbocycles. The van der Waals surface area contributed by atoms with Crippen LogP contribution in [0.4, 0.5) is 10.5 Å². The van der Waals surface area contributed by atoms with Crippen LogP contribution in [-0.2, 0) is 9.53 Å². The Bertz CT molecular complexity index is 1020. The lowest BCUT2D eigenvalue weighted by atomic mass is 10.0. The standard InChI is InChI=1S/C26H34N6O3/c1-26(2,3)35-25(34)29-23(24(33)31-11-5-4-6-20(31)14-28)17-30-15-22-12-21(30)16-32(22)19-9-7-18(13-27)8-10-19/h7-10,20-23H,4-6,11-12,15-17H2,1-3H3,(H,29,34)/t20?,21?,22?,23-/m0/s1. The smallest absolute Gasteiger partial charge is 0.408 e. The Labute approximate surface area is 207 Å². The summed E-state index contributed by atoms with van der Waals surface area (Å²) < 4.78 is 5.44. The van der Waals surface area contributed by atoms with E-state index in [0.717, 1.165) is 38.0 Å². The number of hydrogen-bond donors (Lipinski definition) is 1. The van der Waals surface area contributed by atoms with Crippen LogP contribution in [0.25, 0.3) is 0 Å². The highest BCUT2D eigenvalue weighted by Gasteiger charge is 2.45. The molecule has 186 valence electrons. The lowest BCUT2D eigenvalue weighted by Crippen LogP contribution is -2.59.